The lowest BCUT2D eigenvalue weighted by molar-refractivity contribution is 0.726. The monoisotopic (exact) mass is 166 g/mol. The third kappa shape index (κ3) is 6.21. The minimum absolute atomic E-state index is 1.16. The van der Waals surface area contributed by atoms with Gasteiger partial charge < -0.3 is 0 Å². The Morgan fingerprint density at radius 3 is 2.42 bits per heavy atom. The summed E-state index contributed by atoms with van der Waals surface area (Å²) in [7, 11) is 0. The van der Waals surface area contributed by atoms with Crippen LogP contribution in [0, 0.1) is 0 Å². The van der Waals surface area contributed by atoms with Crippen molar-refractivity contribution in [2.45, 2.75) is 52.4 Å². The third-order valence-electron chi connectivity index (χ3n) is 2.17. The van der Waals surface area contributed by atoms with E-state index in [0.717, 1.165) is 6.42 Å². The molecule has 0 unspecified atom stereocenters. The summed E-state index contributed by atoms with van der Waals surface area (Å²) in [5.41, 5.74) is 1.62. The maximum absolute atomic E-state index is 3.73. The quantitative estimate of drug-likeness (QED) is 0.386. The second kappa shape index (κ2) is 8.58. The van der Waals surface area contributed by atoms with Crippen molar-refractivity contribution in [1.82, 2.24) is 0 Å². The molecule has 70 valence electrons. The van der Waals surface area contributed by atoms with Gasteiger partial charge in [-0.05, 0) is 39.0 Å². The van der Waals surface area contributed by atoms with Crippen LogP contribution in [0.2, 0.25) is 0 Å². The molecule has 0 nitrogen and oxygen atoms in total. The summed E-state index contributed by atoms with van der Waals surface area (Å²) < 4.78 is 0. The first kappa shape index (κ1) is 11.5. The van der Waals surface area contributed by atoms with Gasteiger partial charge in [-0.1, -0.05) is 31.1 Å². The van der Waals surface area contributed by atoms with E-state index in [4.69, 9.17) is 0 Å². The predicted octanol–water partition coefficient (Wildman–Crippen LogP) is 4.48. The maximum atomic E-state index is 3.73. The topological polar surface area (TPSA) is 0 Å². The molecule has 0 N–H and O–H groups in total. The predicted molar refractivity (Wildman–Crippen MR) is 57.3 cm³/mol. The standard InChI is InChI=1S/C12H22/c1-4-7-9-11-12(6-3)10-8-5-2/h4,6H,1,5,7-11H2,2-3H3/b12-6+. The fraction of sp³-hybridized carbons (Fsp3) is 0.667. The first-order valence-electron chi connectivity index (χ1n) is 5.10. The lowest BCUT2D eigenvalue weighted by Crippen LogP contribution is -1.84. The SMILES string of the molecule is C=CCCC/C(=C/C)CCCC. The largest absolute Gasteiger partial charge is 0.103 e. The summed E-state index contributed by atoms with van der Waals surface area (Å²) in [4.78, 5) is 0. The van der Waals surface area contributed by atoms with E-state index in [1.165, 1.54) is 32.1 Å². The molecule has 0 saturated heterocycles. The molecule has 0 aliphatic heterocycles. The lowest BCUT2D eigenvalue weighted by atomic mass is 10.0. The molecule has 0 saturated carbocycles. The zero-order chi connectivity index (χ0) is 9.23. The van der Waals surface area contributed by atoms with Crippen molar-refractivity contribution in [2.75, 3.05) is 0 Å². The van der Waals surface area contributed by atoms with E-state index in [1.807, 2.05) is 6.08 Å². The molecule has 0 aromatic heterocycles. The van der Waals surface area contributed by atoms with Crippen molar-refractivity contribution in [2.24, 2.45) is 0 Å². The van der Waals surface area contributed by atoms with Gasteiger partial charge in [0.05, 0.1) is 0 Å². The smallest absolute Gasteiger partial charge is 0.0317 e. The molecule has 0 heterocycles. The first-order chi connectivity index (χ1) is 5.85. The highest BCUT2D eigenvalue weighted by Gasteiger charge is 1.94. The van der Waals surface area contributed by atoms with Gasteiger partial charge in [0.15, 0.2) is 0 Å². The van der Waals surface area contributed by atoms with Gasteiger partial charge in [-0.15, -0.1) is 6.58 Å². The van der Waals surface area contributed by atoms with Crippen LogP contribution in [0.15, 0.2) is 24.3 Å². The molecule has 0 aliphatic rings. The van der Waals surface area contributed by atoms with Crippen LogP contribution in [0.5, 0.6) is 0 Å². The minimum atomic E-state index is 1.16. The molecule has 0 rings (SSSR count). The fourth-order valence-electron chi connectivity index (χ4n) is 1.29. The Morgan fingerprint density at radius 1 is 1.25 bits per heavy atom. The molecule has 0 spiro atoms. The van der Waals surface area contributed by atoms with Crippen LogP contribution in [-0.4, -0.2) is 0 Å². The van der Waals surface area contributed by atoms with Gasteiger partial charge in [-0.2, -0.15) is 0 Å². The Morgan fingerprint density at radius 2 is 1.92 bits per heavy atom. The molecule has 0 aliphatic carbocycles. The van der Waals surface area contributed by atoms with Crippen LogP contribution >= 0.6 is 0 Å². The maximum Gasteiger partial charge on any atom is -0.0317 e. The molecule has 0 aromatic rings. The Balaban J connectivity index is 3.47. The number of allylic oxidation sites excluding steroid dienone is 3. The second-order valence-electron chi connectivity index (χ2n) is 3.23. The molecule has 0 radical (unpaired) electrons. The summed E-state index contributed by atoms with van der Waals surface area (Å²) in [6.07, 6.45) is 11.9. The normalized spacial score (nSPS) is 11.7. The van der Waals surface area contributed by atoms with E-state index >= 15 is 0 Å². The van der Waals surface area contributed by atoms with E-state index in [9.17, 15) is 0 Å². The number of hydrogen-bond donors (Lipinski definition) is 0. The summed E-state index contributed by atoms with van der Waals surface area (Å²) in [5.74, 6) is 0. The highest BCUT2D eigenvalue weighted by atomic mass is 14.0. The Bertz CT molecular complexity index is 131. The zero-order valence-corrected chi connectivity index (χ0v) is 8.60. The van der Waals surface area contributed by atoms with Crippen molar-refractivity contribution in [3.05, 3.63) is 24.3 Å². The van der Waals surface area contributed by atoms with Crippen LogP contribution in [0.1, 0.15) is 52.4 Å². The second-order valence-corrected chi connectivity index (χ2v) is 3.23. The highest BCUT2D eigenvalue weighted by molar-refractivity contribution is 5.00. The van der Waals surface area contributed by atoms with Gasteiger partial charge in [0.1, 0.15) is 0 Å². The van der Waals surface area contributed by atoms with E-state index in [0.29, 0.717) is 0 Å². The van der Waals surface area contributed by atoms with E-state index in [1.54, 1.807) is 5.57 Å². The van der Waals surface area contributed by atoms with E-state index in [-0.39, 0.29) is 0 Å². The summed E-state index contributed by atoms with van der Waals surface area (Å²) in [6.45, 7) is 8.12. The molecular weight excluding hydrogens is 144 g/mol. The minimum Gasteiger partial charge on any atom is -0.103 e. The van der Waals surface area contributed by atoms with Crippen LogP contribution in [0.4, 0.5) is 0 Å². The average Bonchev–Trinajstić information content (AvgIpc) is 2.11. The molecule has 0 fully saturated rings. The van der Waals surface area contributed by atoms with Gasteiger partial charge in [-0.25, -0.2) is 0 Å². The van der Waals surface area contributed by atoms with Crippen molar-refractivity contribution < 1.29 is 0 Å². The number of rotatable bonds is 7. The van der Waals surface area contributed by atoms with Crippen molar-refractivity contribution in [3.8, 4) is 0 Å². The van der Waals surface area contributed by atoms with Crippen molar-refractivity contribution in [1.29, 1.82) is 0 Å². The Labute approximate surface area is 77.4 Å². The van der Waals surface area contributed by atoms with Crippen LogP contribution in [0.25, 0.3) is 0 Å². The average molecular weight is 166 g/mol. The molecule has 0 aromatic carbocycles. The van der Waals surface area contributed by atoms with E-state index < -0.39 is 0 Å². The van der Waals surface area contributed by atoms with Gasteiger partial charge in [0, 0.05) is 0 Å². The molecule has 12 heavy (non-hydrogen) atoms. The number of hydrogen-bond acceptors (Lipinski definition) is 0. The van der Waals surface area contributed by atoms with Crippen LogP contribution in [-0.2, 0) is 0 Å². The Kier molecular flexibility index (Phi) is 8.20. The first-order valence-corrected chi connectivity index (χ1v) is 5.10. The molecule has 0 atom stereocenters. The van der Waals surface area contributed by atoms with Crippen molar-refractivity contribution >= 4 is 0 Å². The number of unbranched alkanes of at least 4 members (excludes halogenated alkanes) is 2. The Hall–Kier alpha value is -0.520. The van der Waals surface area contributed by atoms with Crippen LogP contribution in [0.3, 0.4) is 0 Å². The van der Waals surface area contributed by atoms with Gasteiger partial charge in [0.2, 0.25) is 0 Å². The highest BCUT2D eigenvalue weighted by Crippen LogP contribution is 2.14. The van der Waals surface area contributed by atoms with Gasteiger partial charge >= 0.3 is 0 Å². The summed E-state index contributed by atoms with van der Waals surface area (Å²) >= 11 is 0. The molecule has 0 amide bonds. The molecular formula is C12H22. The van der Waals surface area contributed by atoms with Crippen LogP contribution < -0.4 is 0 Å². The molecule has 0 heteroatoms. The van der Waals surface area contributed by atoms with Gasteiger partial charge in [-0.3, -0.25) is 0 Å². The van der Waals surface area contributed by atoms with E-state index in [2.05, 4.69) is 26.5 Å². The zero-order valence-electron chi connectivity index (χ0n) is 8.60. The summed E-state index contributed by atoms with van der Waals surface area (Å²) in [6, 6.07) is 0. The van der Waals surface area contributed by atoms with Crippen molar-refractivity contribution in [3.63, 3.8) is 0 Å². The molecule has 0 bridgehead atoms. The fourth-order valence-corrected chi connectivity index (χ4v) is 1.29. The lowest BCUT2D eigenvalue weighted by Gasteiger charge is -2.04. The van der Waals surface area contributed by atoms with Gasteiger partial charge in [0.25, 0.3) is 0 Å². The summed E-state index contributed by atoms with van der Waals surface area (Å²) in [5, 5.41) is 0. The third-order valence-corrected chi connectivity index (χ3v) is 2.17.